The third kappa shape index (κ3) is 3.10. The van der Waals surface area contributed by atoms with E-state index >= 15 is 0 Å². The number of urea groups is 1. The summed E-state index contributed by atoms with van der Waals surface area (Å²) in [6.45, 7) is 0.850. The van der Waals surface area contributed by atoms with Gasteiger partial charge in [0.25, 0.3) is 0 Å². The van der Waals surface area contributed by atoms with Gasteiger partial charge in [0.05, 0.1) is 17.4 Å². The minimum Gasteiger partial charge on any atom is -0.327 e. The quantitative estimate of drug-likeness (QED) is 0.795. The molecule has 1 aromatic heterocycles. The van der Waals surface area contributed by atoms with Gasteiger partial charge in [-0.2, -0.15) is 5.10 Å². The summed E-state index contributed by atoms with van der Waals surface area (Å²) >= 11 is 0. The molecule has 1 unspecified atom stereocenters. The van der Waals surface area contributed by atoms with Gasteiger partial charge < -0.3 is 5.32 Å². The highest BCUT2D eigenvalue weighted by Gasteiger charge is 2.27. The highest BCUT2D eigenvalue weighted by Crippen LogP contribution is 2.27. The van der Waals surface area contributed by atoms with Crippen LogP contribution in [0.4, 0.5) is 16.2 Å². The average Bonchev–Trinajstić information content (AvgIpc) is 3.14. The average molecular weight is 333 g/mol. The van der Waals surface area contributed by atoms with Crippen molar-refractivity contribution < 1.29 is 4.79 Å². The molecule has 6 nitrogen and oxygen atoms in total. The Balaban J connectivity index is 1.63. The van der Waals surface area contributed by atoms with Crippen molar-refractivity contribution in [3.8, 4) is 0 Å². The van der Waals surface area contributed by atoms with Crippen LogP contribution in [0, 0.1) is 0 Å². The Morgan fingerprint density at radius 1 is 1.04 bits per heavy atom. The van der Waals surface area contributed by atoms with Crippen molar-refractivity contribution in [1.29, 1.82) is 0 Å². The van der Waals surface area contributed by atoms with Gasteiger partial charge in [0, 0.05) is 6.54 Å². The molecule has 2 amide bonds. The second-order valence-electron chi connectivity index (χ2n) is 5.99. The number of rotatable bonds is 3. The smallest absolute Gasteiger partial charge is 0.327 e. The monoisotopic (exact) mass is 333 g/mol. The molecule has 1 aliphatic heterocycles. The zero-order valence-electron chi connectivity index (χ0n) is 13.7. The van der Waals surface area contributed by atoms with E-state index in [2.05, 4.69) is 15.4 Å². The first-order valence-electron chi connectivity index (χ1n) is 8.41. The van der Waals surface area contributed by atoms with Crippen LogP contribution in [0.2, 0.25) is 0 Å². The minimum absolute atomic E-state index is 0.126. The summed E-state index contributed by atoms with van der Waals surface area (Å²) in [5.74, 6) is 0.820. The zero-order chi connectivity index (χ0) is 17.1. The van der Waals surface area contributed by atoms with Gasteiger partial charge in [-0.05, 0) is 37.1 Å². The predicted octanol–water partition coefficient (Wildman–Crippen LogP) is 3.66. The number of nitrogens with zero attached hydrogens (tertiary/aromatic N) is 4. The number of nitrogens with one attached hydrogen (secondary N) is 1. The third-order valence-electron chi connectivity index (χ3n) is 4.35. The molecule has 0 aliphatic carbocycles. The van der Waals surface area contributed by atoms with Gasteiger partial charge in [0.2, 0.25) is 0 Å². The molecule has 6 heteroatoms. The van der Waals surface area contributed by atoms with E-state index in [4.69, 9.17) is 0 Å². The van der Waals surface area contributed by atoms with E-state index in [-0.39, 0.29) is 12.1 Å². The Labute approximate surface area is 146 Å². The van der Waals surface area contributed by atoms with Crippen LogP contribution in [0.3, 0.4) is 0 Å². The van der Waals surface area contributed by atoms with Crippen LogP contribution >= 0.6 is 0 Å². The molecule has 0 bridgehead atoms. The summed E-state index contributed by atoms with van der Waals surface area (Å²) in [6, 6.07) is 19.0. The summed E-state index contributed by atoms with van der Waals surface area (Å²) in [5, 5.41) is 7.34. The maximum Gasteiger partial charge on any atom is 0.327 e. The van der Waals surface area contributed by atoms with Crippen LogP contribution in [0.5, 0.6) is 0 Å². The Kier molecular flexibility index (Phi) is 4.16. The summed E-state index contributed by atoms with van der Waals surface area (Å²) in [6.07, 6.45) is 3.38. The number of amides is 2. The highest BCUT2D eigenvalue weighted by atomic mass is 16.2. The lowest BCUT2D eigenvalue weighted by atomic mass is 10.1. The number of carbonyl (C=O) groups is 1. The first-order chi connectivity index (χ1) is 12.3. The number of anilines is 2. The molecule has 2 heterocycles. The predicted molar refractivity (Wildman–Crippen MR) is 95.6 cm³/mol. The van der Waals surface area contributed by atoms with Crippen molar-refractivity contribution in [2.24, 2.45) is 0 Å². The van der Waals surface area contributed by atoms with Crippen molar-refractivity contribution in [1.82, 2.24) is 20.1 Å². The molecular weight excluding hydrogens is 314 g/mol. The molecule has 1 N–H and O–H groups in total. The van der Waals surface area contributed by atoms with Gasteiger partial charge in [0.1, 0.15) is 12.2 Å². The number of hydrogen-bond acceptors (Lipinski definition) is 3. The normalized spacial score (nSPS) is 16.1. The first-order valence-corrected chi connectivity index (χ1v) is 8.41. The largest absolute Gasteiger partial charge is 0.327 e. The zero-order valence-corrected chi connectivity index (χ0v) is 13.7. The van der Waals surface area contributed by atoms with E-state index < -0.39 is 0 Å². The molecule has 0 saturated carbocycles. The molecule has 0 spiro atoms. The van der Waals surface area contributed by atoms with Crippen LogP contribution in [0.15, 0.2) is 67.0 Å². The van der Waals surface area contributed by atoms with E-state index in [0.29, 0.717) is 0 Å². The van der Waals surface area contributed by atoms with E-state index in [9.17, 15) is 4.79 Å². The number of aryl methyl sites for hydroxylation is 1. The SMILES string of the molecule is O=C(NC1CCCn2ncnc21)N(c1ccccc1)c1ccccc1. The van der Waals surface area contributed by atoms with Crippen LogP contribution in [0.1, 0.15) is 24.7 Å². The summed E-state index contributed by atoms with van der Waals surface area (Å²) in [5.41, 5.74) is 1.65. The highest BCUT2D eigenvalue weighted by molar-refractivity contribution is 5.99. The van der Waals surface area contributed by atoms with Crippen molar-refractivity contribution in [2.45, 2.75) is 25.4 Å². The molecular formula is C19H19N5O. The maximum atomic E-state index is 13.1. The molecule has 0 saturated heterocycles. The van der Waals surface area contributed by atoms with E-state index in [1.54, 1.807) is 11.2 Å². The molecule has 1 aliphatic rings. The Bertz CT molecular complexity index is 807. The lowest BCUT2D eigenvalue weighted by Crippen LogP contribution is -2.41. The number of hydrogen-bond donors (Lipinski definition) is 1. The molecule has 4 rings (SSSR count). The third-order valence-corrected chi connectivity index (χ3v) is 4.35. The maximum absolute atomic E-state index is 13.1. The topological polar surface area (TPSA) is 63.1 Å². The fourth-order valence-corrected chi connectivity index (χ4v) is 3.18. The first kappa shape index (κ1) is 15.4. The van der Waals surface area contributed by atoms with Crippen molar-refractivity contribution in [3.05, 3.63) is 72.8 Å². The van der Waals surface area contributed by atoms with Crippen LogP contribution < -0.4 is 10.2 Å². The van der Waals surface area contributed by atoms with E-state index in [1.165, 1.54) is 0 Å². The summed E-state index contributed by atoms with van der Waals surface area (Å²) in [4.78, 5) is 19.1. The molecule has 2 aromatic carbocycles. The van der Waals surface area contributed by atoms with Crippen LogP contribution in [0.25, 0.3) is 0 Å². The number of fused-ring (bicyclic) bond motifs is 1. The van der Waals surface area contributed by atoms with Gasteiger partial charge >= 0.3 is 6.03 Å². The van der Waals surface area contributed by atoms with Crippen molar-refractivity contribution in [2.75, 3.05) is 4.90 Å². The molecule has 126 valence electrons. The fourth-order valence-electron chi connectivity index (χ4n) is 3.18. The van der Waals surface area contributed by atoms with Gasteiger partial charge in [-0.25, -0.2) is 14.5 Å². The van der Waals surface area contributed by atoms with Gasteiger partial charge in [-0.15, -0.1) is 0 Å². The van der Waals surface area contributed by atoms with E-state index in [0.717, 1.165) is 36.6 Å². The Hall–Kier alpha value is -3.15. The lowest BCUT2D eigenvalue weighted by Gasteiger charge is -2.28. The minimum atomic E-state index is -0.168. The van der Waals surface area contributed by atoms with Gasteiger partial charge in [-0.1, -0.05) is 36.4 Å². The summed E-state index contributed by atoms with van der Waals surface area (Å²) < 4.78 is 1.86. The molecule has 0 fully saturated rings. The second-order valence-corrected chi connectivity index (χ2v) is 5.99. The van der Waals surface area contributed by atoms with Crippen molar-refractivity contribution in [3.63, 3.8) is 0 Å². The second kappa shape index (κ2) is 6.76. The number of benzene rings is 2. The number of carbonyl (C=O) groups excluding carboxylic acids is 1. The van der Waals surface area contributed by atoms with E-state index in [1.807, 2.05) is 65.3 Å². The van der Waals surface area contributed by atoms with Gasteiger partial charge in [-0.3, -0.25) is 4.90 Å². The van der Waals surface area contributed by atoms with Crippen LogP contribution in [-0.4, -0.2) is 20.8 Å². The molecule has 0 radical (unpaired) electrons. The lowest BCUT2D eigenvalue weighted by molar-refractivity contribution is 0.240. The van der Waals surface area contributed by atoms with Crippen molar-refractivity contribution >= 4 is 17.4 Å². The Morgan fingerprint density at radius 2 is 1.68 bits per heavy atom. The number of para-hydroxylation sites is 2. The molecule has 25 heavy (non-hydrogen) atoms. The fraction of sp³-hybridized carbons (Fsp3) is 0.211. The number of aromatic nitrogens is 3. The van der Waals surface area contributed by atoms with Crippen LogP contribution in [-0.2, 0) is 6.54 Å². The van der Waals surface area contributed by atoms with Gasteiger partial charge in [0.15, 0.2) is 0 Å². The molecule has 1 atom stereocenters. The standard InChI is InChI=1S/C19H19N5O/c25-19(22-17-12-7-13-23-18(17)20-14-21-23)24(15-8-3-1-4-9-15)16-10-5-2-6-11-16/h1-6,8-11,14,17H,7,12-13H2,(H,22,25). The summed E-state index contributed by atoms with van der Waals surface area (Å²) in [7, 11) is 0. The molecule has 3 aromatic rings. The Morgan fingerprint density at radius 3 is 2.32 bits per heavy atom.